The standard InChI is InChI=1S/C21H25N3O6S/c1-14(25)22-15-6-9-17(10-7-15)31(27,28)24-12-4-5-18(24)21(26)23-16-8-11-19(29-2)20(13-16)30-3/h6-11,13,18H,4-5,12H2,1-3H3,(H,22,25)(H,23,26)/t18-/m0/s1. The molecule has 0 bridgehead atoms. The molecule has 1 saturated heterocycles. The summed E-state index contributed by atoms with van der Waals surface area (Å²) >= 11 is 0. The van der Waals surface area contributed by atoms with E-state index in [1.165, 1.54) is 49.7 Å². The molecule has 1 heterocycles. The highest BCUT2D eigenvalue weighted by Gasteiger charge is 2.39. The molecule has 3 rings (SSSR count). The fourth-order valence-electron chi connectivity index (χ4n) is 3.48. The number of carbonyl (C=O) groups is 2. The van der Waals surface area contributed by atoms with Crippen molar-refractivity contribution in [3.63, 3.8) is 0 Å². The number of nitrogens with zero attached hydrogens (tertiary/aromatic N) is 1. The number of nitrogens with one attached hydrogen (secondary N) is 2. The highest BCUT2D eigenvalue weighted by molar-refractivity contribution is 7.89. The van der Waals surface area contributed by atoms with Gasteiger partial charge < -0.3 is 20.1 Å². The number of hydrogen-bond acceptors (Lipinski definition) is 6. The van der Waals surface area contributed by atoms with Crippen LogP contribution in [0.5, 0.6) is 11.5 Å². The average molecular weight is 448 g/mol. The van der Waals surface area contributed by atoms with E-state index in [1.54, 1.807) is 18.2 Å². The summed E-state index contributed by atoms with van der Waals surface area (Å²) in [6.45, 7) is 1.62. The fourth-order valence-corrected chi connectivity index (χ4v) is 5.13. The maximum Gasteiger partial charge on any atom is 0.243 e. The van der Waals surface area contributed by atoms with Gasteiger partial charge in [-0.15, -0.1) is 0 Å². The van der Waals surface area contributed by atoms with E-state index in [-0.39, 0.29) is 17.3 Å². The second-order valence-electron chi connectivity index (χ2n) is 7.04. The van der Waals surface area contributed by atoms with Gasteiger partial charge in [-0.2, -0.15) is 4.31 Å². The van der Waals surface area contributed by atoms with E-state index in [9.17, 15) is 18.0 Å². The zero-order valence-corrected chi connectivity index (χ0v) is 18.4. The molecular weight excluding hydrogens is 422 g/mol. The van der Waals surface area contributed by atoms with Crippen molar-refractivity contribution in [2.45, 2.75) is 30.7 Å². The number of ether oxygens (including phenoxy) is 2. The minimum atomic E-state index is -3.88. The molecule has 1 aliphatic heterocycles. The lowest BCUT2D eigenvalue weighted by Gasteiger charge is -2.23. The first-order valence-electron chi connectivity index (χ1n) is 9.68. The lowest BCUT2D eigenvalue weighted by atomic mass is 10.2. The molecule has 0 saturated carbocycles. The third-order valence-electron chi connectivity index (χ3n) is 4.94. The summed E-state index contributed by atoms with van der Waals surface area (Å²) in [5, 5.41) is 5.36. The van der Waals surface area contributed by atoms with Gasteiger partial charge in [-0.3, -0.25) is 9.59 Å². The third kappa shape index (κ3) is 4.97. The summed E-state index contributed by atoms with van der Waals surface area (Å²) in [5.41, 5.74) is 0.974. The van der Waals surface area contributed by atoms with Crippen molar-refractivity contribution in [2.75, 3.05) is 31.4 Å². The van der Waals surface area contributed by atoms with E-state index in [4.69, 9.17) is 9.47 Å². The quantitative estimate of drug-likeness (QED) is 0.674. The molecule has 0 spiro atoms. The molecule has 31 heavy (non-hydrogen) atoms. The Morgan fingerprint density at radius 1 is 0.968 bits per heavy atom. The molecule has 9 nitrogen and oxygen atoms in total. The number of rotatable bonds is 7. The van der Waals surface area contributed by atoms with Gasteiger partial charge in [0.25, 0.3) is 0 Å². The van der Waals surface area contributed by atoms with Crippen LogP contribution in [0.1, 0.15) is 19.8 Å². The van der Waals surface area contributed by atoms with Crippen LogP contribution in [0.3, 0.4) is 0 Å². The summed E-state index contributed by atoms with van der Waals surface area (Å²) in [6.07, 6.45) is 0.996. The van der Waals surface area contributed by atoms with E-state index < -0.39 is 22.0 Å². The molecule has 0 radical (unpaired) electrons. The summed E-state index contributed by atoms with van der Waals surface area (Å²) in [6, 6.07) is 9.98. The van der Waals surface area contributed by atoms with Crippen molar-refractivity contribution >= 4 is 33.2 Å². The topological polar surface area (TPSA) is 114 Å². The Hall–Kier alpha value is -3.11. The first-order valence-corrected chi connectivity index (χ1v) is 11.1. The molecule has 1 aliphatic rings. The van der Waals surface area contributed by atoms with Gasteiger partial charge in [-0.05, 0) is 49.2 Å². The maximum atomic E-state index is 13.1. The molecule has 0 unspecified atom stereocenters. The Morgan fingerprint density at radius 2 is 1.61 bits per heavy atom. The average Bonchev–Trinajstić information content (AvgIpc) is 3.24. The Morgan fingerprint density at radius 3 is 2.23 bits per heavy atom. The SMILES string of the molecule is COc1ccc(NC(=O)[C@@H]2CCCN2S(=O)(=O)c2ccc(NC(C)=O)cc2)cc1OC. The van der Waals surface area contributed by atoms with Gasteiger partial charge in [-0.1, -0.05) is 0 Å². The van der Waals surface area contributed by atoms with Crippen LogP contribution in [0.2, 0.25) is 0 Å². The zero-order chi connectivity index (χ0) is 22.6. The number of sulfonamides is 1. The smallest absolute Gasteiger partial charge is 0.243 e. The Kier molecular flexibility index (Phi) is 6.81. The van der Waals surface area contributed by atoms with Crippen LogP contribution < -0.4 is 20.1 Å². The largest absolute Gasteiger partial charge is 0.493 e. The van der Waals surface area contributed by atoms with Crippen molar-refractivity contribution < 1.29 is 27.5 Å². The molecule has 2 amide bonds. The van der Waals surface area contributed by atoms with E-state index in [2.05, 4.69) is 10.6 Å². The monoisotopic (exact) mass is 447 g/mol. The number of carbonyl (C=O) groups excluding carboxylic acids is 2. The van der Waals surface area contributed by atoms with E-state index in [0.29, 0.717) is 35.7 Å². The highest BCUT2D eigenvalue weighted by atomic mass is 32.2. The van der Waals surface area contributed by atoms with Crippen LogP contribution in [0.25, 0.3) is 0 Å². The maximum absolute atomic E-state index is 13.1. The predicted molar refractivity (Wildman–Crippen MR) is 116 cm³/mol. The van der Waals surface area contributed by atoms with Gasteiger partial charge in [0, 0.05) is 30.9 Å². The minimum Gasteiger partial charge on any atom is -0.493 e. The van der Waals surface area contributed by atoms with Gasteiger partial charge in [0.1, 0.15) is 6.04 Å². The molecule has 166 valence electrons. The Bertz CT molecular complexity index is 1070. The first-order chi connectivity index (χ1) is 14.8. The second kappa shape index (κ2) is 9.36. The van der Waals surface area contributed by atoms with Crippen molar-refractivity contribution in [3.05, 3.63) is 42.5 Å². The summed E-state index contributed by atoms with van der Waals surface area (Å²) in [5.74, 6) is 0.314. The zero-order valence-electron chi connectivity index (χ0n) is 17.5. The van der Waals surface area contributed by atoms with Crippen molar-refractivity contribution in [2.24, 2.45) is 0 Å². The lowest BCUT2D eigenvalue weighted by molar-refractivity contribution is -0.119. The molecule has 10 heteroatoms. The molecule has 0 aromatic heterocycles. The van der Waals surface area contributed by atoms with Gasteiger partial charge in [-0.25, -0.2) is 8.42 Å². The van der Waals surface area contributed by atoms with Crippen LogP contribution in [0.15, 0.2) is 47.4 Å². The number of anilines is 2. The van der Waals surface area contributed by atoms with Crippen LogP contribution in [-0.2, 0) is 19.6 Å². The Labute approximate surface area is 181 Å². The van der Waals surface area contributed by atoms with Crippen LogP contribution >= 0.6 is 0 Å². The molecule has 0 aliphatic carbocycles. The van der Waals surface area contributed by atoms with E-state index in [0.717, 1.165) is 0 Å². The molecule has 1 atom stereocenters. The van der Waals surface area contributed by atoms with Gasteiger partial charge in [0.2, 0.25) is 21.8 Å². The third-order valence-corrected chi connectivity index (χ3v) is 6.86. The van der Waals surface area contributed by atoms with E-state index >= 15 is 0 Å². The molecular formula is C21H25N3O6S. The Balaban J connectivity index is 1.78. The lowest BCUT2D eigenvalue weighted by Crippen LogP contribution is -2.43. The molecule has 2 aromatic rings. The minimum absolute atomic E-state index is 0.0624. The fraction of sp³-hybridized carbons (Fsp3) is 0.333. The van der Waals surface area contributed by atoms with Gasteiger partial charge >= 0.3 is 0 Å². The molecule has 2 aromatic carbocycles. The van der Waals surface area contributed by atoms with Crippen molar-refractivity contribution in [1.82, 2.24) is 4.31 Å². The van der Waals surface area contributed by atoms with Crippen LogP contribution in [0, 0.1) is 0 Å². The second-order valence-corrected chi connectivity index (χ2v) is 8.93. The first kappa shape index (κ1) is 22.6. The van der Waals surface area contributed by atoms with Gasteiger partial charge in [0.05, 0.1) is 19.1 Å². The van der Waals surface area contributed by atoms with Gasteiger partial charge in [0.15, 0.2) is 11.5 Å². The highest BCUT2D eigenvalue weighted by Crippen LogP contribution is 2.31. The summed E-state index contributed by atoms with van der Waals surface area (Å²) in [4.78, 5) is 24.1. The molecule has 2 N–H and O–H groups in total. The number of benzene rings is 2. The van der Waals surface area contributed by atoms with Crippen molar-refractivity contribution in [1.29, 1.82) is 0 Å². The van der Waals surface area contributed by atoms with Crippen molar-refractivity contribution in [3.8, 4) is 11.5 Å². The normalized spacial score (nSPS) is 16.5. The number of hydrogen-bond donors (Lipinski definition) is 2. The summed E-state index contributed by atoms with van der Waals surface area (Å²) in [7, 11) is -0.873. The van der Waals surface area contributed by atoms with E-state index in [1.807, 2.05) is 0 Å². The number of amides is 2. The van der Waals surface area contributed by atoms with Crippen LogP contribution in [-0.4, -0.2) is 51.3 Å². The van der Waals surface area contributed by atoms with Crippen LogP contribution in [0.4, 0.5) is 11.4 Å². The molecule has 1 fully saturated rings. The number of methoxy groups -OCH3 is 2. The summed E-state index contributed by atoms with van der Waals surface area (Å²) < 4.78 is 37.9. The predicted octanol–water partition coefficient (Wildman–Crippen LogP) is 2.45.